The molecule has 4 heteroatoms. The number of pyridine rings is 1. The number of nitrogens with zero attached hydrogens (tertiary/aromatic N) is 3. The Bertz CT molecular complexity index is 647. The average Bonchev–Trinajstić information content (AvgIpc) is 2.65. The second-order valence-corrected chi connectivity index (χ2v) is 5.75. The predicted molar refractivity (Wildman–Crippen MR) is 76.3 cm³/mol. The molecule has 0 amide bonds. The van der Waals surface area contributed by atoms with E-state index in [1.54, 1.807) is 4.57 Å². The van der Waals surface area contributed by atoms with Crippen LogP contribution in [-0.2, 0) is 13.6 Å². The Labute approximate surface area is 113 Å². The number of rotatable bonds is 2. The third-order valence-electron chi connectivity index (χ3n) is 4.29. The van der Waals surface area contributed by atoms with Crippen molar-refractivity contribution in [3.63, 3.8) is 0 Å². The number of aryl methyl sites for hydroxylation is 2. The van der Waals surface area contributed by atoms with Crippen LogP contribution in [-0.4, -0.2) is 14.1 Å². The molecule has 2 aromatic rings. The maximum atomic E-state index is 12.4. The molecule has 0 saturated heterocycles. The van der Waals surface area contributed by atoms with Crippen molar-refractivity contribution in [1.29, 1.82) is 0 Å². The summed E-state index contributed by atoms with van der Waals surface area (Å²) in [4.78, 5) is 16.9. The van der Waals surface area contributed by atoms with E-state index in [1.807, 2.05) is 30.7 Å². The lowest BCUT2D eigenvalue weighted by Crippen LogP contribution is -2.26. The lowest BCUT2D eigenvalue weighted by atomic mass is 9.89. The van der Waals surface area contributed by atoms with E-state index < -0.39 is 0 Å². The first-order valence-corrected chi connectivity index (χ1v) is 7.19. The van der Waals surface area contributed by atoms with Crippen molar-refractivity contribution in [2.45, 2.75) is 45.6 Å². The van der Waals surface area contributed by atoms with Crippen LogP contribution in [0.15, 0.2) is 16.9 Å². The second kappa shape index (κ2) is 4.83. The van der Waals surface area contributed by atoms with Crippen LogP contribution in [0.4, 0.5) is 0 Å². The summed E-state index contributed by atoms with van der Waals surface area (Å²) in [6, 6.07) is 4.01. The van der Waals surface area contributed by atoms with Gasteiger partial charge in [0.1, 0.15) is 0 Å². The van der Waals surface area contributed by atoms with Gasteiger partial charge < -0.3 is 0 Å². The molecule has 19 heavy (non-hydrogen) atoms. The van der Waals surface area contributed by atoms with Gasteiger partial charge in [-0.3, -0.25) is 9.13 Å². The molecule has 2 heterocycles. The SMILES string of the molecule is Cc1ccc2c(n1)n(C)c(=O)n2CC1CCCCC1. The number of hydrogen-bond donors (Lipinski definition) is 0. The highest BCUT2D eigenvalue weighted by Crippen LogP contribution is 2.25. The van der Waals surface area contributed by atoms with E-state index in [1.165, 1.54) is 32.1 Å². The quantitative estimate of drug-likeness (QED) is 0.831. The Kier molecular flexibility index (Phi) is 3.17. The van der Waals surface area contributed by atoms with Crippen molar-refractivity contribution in [3.05, 3.63) is 28.3 Å². The molecular formula is C15H21N3O. The fourth-order valence-corrected chi connectivity index (χ4v) is 3.17. The van der Waals surface area contributed by atoms with Gasteiger partial charge in [-0.15, -0.1) is 0 Å². The number of imidazole rings is 1. The molecule has 102 valence electrons. The Hall–Kier alpha value is -1.58. The number of hydrogen-bond acceptors (Lipinski definition) is 2. The fourth-order valence-electron chi connectivity index (χ4n) is 3.17. The van der Waals surface area contributed by atoms with Crippen LogP contribution in [0, 0.1) is 12.8 Å². The van der Waals surface area contributed by atoms with Gasteiger partial charge >= 0.3 is 5.69 Å². The van der Waals surface area contributed by atoms with Crippen LogP contribution in [0.25, 0.3) is 11.2 Å². The van der Waals surface area contributed by atoms with E-state index in [0.29, 0.717) is 5.92 Å². The van der Waals surface area contributed by atoms with Gasteiger partial charge in [-0.1, -0.05) is 19.3 Å². The summed E-state index contributed by atoms with van der Waals surface area (Å²) in [5.74, 6) is 0.651. The monoisotopic (exact) mass is 259 g/mol. The molecule has 3 rings (SSSR count). The molecule has 0 radical (unpaired) electrons. The van der Waals surface area contributed by atoms with Crippen LogP contribution >= 0.6 is 0 Å². The third kappa shape index (κ3) is 2.20. The van der Waals surface area contributed by atoms with Crippen LogP contribution in [0.2, 0.25) is 0 Å². The zero-order valence-electron chi connectivity index (χ0n) is 11.7. The van der Waals surface area contributed by atoms with Gasteiger partial charge in [0.05, 0.1) is 5.52 Å². The van der Waals surface area contributed by atoms with Crippen molar-refractivity contribution in [1.82, 2.24) is 14.1 Å². The fraction of sp³-hybridized carbons (Fsp3) is 0.600. The molecule has 0 aromatic carbocycles. The lowest BCUT2D eigenvalue weighted by molar-refractivity contribution is 0.318. The Morgan fingerprint density at radius 3 is 2.74 bits per heavy atom. The summed E-state index contributed by atoms with van der Waals surface area (Å²) >= 11 is 0. The van der Waals surface area contributed by atoms with E-state index >= 15 is 0 Å². The van der Waals surface area contributed by atoms with Gasteiger partial charge in [0.25, 0.3) is 0 Å². The molecule has 1 aliphatic carbocycles. The Morgan fingerprint density at radius 2 is 2.00 bits per heavy atom. The normalized spacial score (nSPS) is 17.2. The zero-order chi connectivity index (χ0) is 13.4. The molecule has 1 saturated carbocycles. The van der Waals surface area contributed by atoms with Crippen LogP contribution in [0.3, 0.4) is 0 Å². The van der Waals surface area contributed by atoms with Crippen molar-refractivity contribution in [3.8, 4) is 0 Å². The predicted octanol–water partition coefficient (Wildman–Crippen LogP) is 2.62. The van der Waals surface area contributed by atoms with E-state index in [-0.39, 0.29) is 5.69 Å². The van der Waals surface area contributed by atoms with E-state index in [9.17, 15) is 4.79 Å². The van der Waals surface area contributed by atoms with Crippen LogP contribution < -0.4 is 5.69 Å². The minimum atomic E-state index is 0.0682. The standard InChI is InChI=1S/C15H21N3O/c1-11-8-9-13-14(16-11)17(2)15(19)18(13)10-12-6-4-3-5-7-12/h8-9,12H,3-7,10H2,1-2H3. The lowest BCUT2D eigenvalue weighted by Gasteiger charge is -2.21. The Morgan fingerprint density at radius 1 is 1.26 bits per heavy atom. The van der Waals surface area contributed by atoms with Crippen LogP contribution in [0.5, 0.6) is 0 Å². The maximum Gasteiger partial charge on any atom is 0.330 e. The highest BCUT2D eigenvalue weighted by atomic mass is 16.1. The Balaban J connectivity index is 2.02. The molecule has 2 aromatic heterocycles. The second-order valence-electron chi connectivity index (χ2n) is 5.75. The molecule has 0 unspecified atom stereocenters. The van der Waals surface area contributed by atoms with Gasteiger partial charge in [-0.2, -0.15) is 0 Å². The summed E-state index contributed by atoms with van der Waals surface area (Å²) < 4.78 is 3.59. The molecule has 1 fully saturated rings. The number of fused-ring (bicyclic) bond motifs is 1. The van der Waals surface area contributed by atoms with Crippen LogP contribution in [0.1, 0.15) is 37.8 Å². The molecule has 4 nitrogen and oxygen atoms in total. The minimum absolute atomic E-state index is 0.0682. The topological polar surface area (TPSA) is 39.8 Å². The summed E-state index contributed by atoms with van der Waals surface area (Å²) in [6.07, 6.45) is 6.47. The smallest absolute Gasteiger partial charge is 0.290 e. The molecule has 0 N–H and O–H groups in total. The van der Waals surface area contributed by atoms with Gasteiger partial charge in [-0.25, -0.2) is 9.78 Å². The molecule has 0 bridgehead atoms. The van der Waals surface area contributed by atoms with Crippen molar-refractivity contribution in [2.75, 3.05) is 0 Å². The average molecular weight is 259 g/mol. The zero-order valence-corrected chi connectivity index (χ0v) is 11.7. The van der Waals surface area contributed by atoms with E-state index in [0.717, 1.165) is 23.4 Å². The van der Waals surface area contributed by atoms with E-state index in [2.05, 4.69) is 4.98 Å². The highest BCUT2D eigenvalue weighted by molar-refractivity contribution is 5.71. The first-order valence-electron chi connectivity index (χ1n) is 7.19. The van der Waals surface area contributed by atoms with Gasteiger partial charge in [-0.05, 0) is 37.8 Å². The maximum absolute atomic E-state index is 12.4. The third-order valence-corrected chi connectivity index (χ3v) is 4.29. The highest BCUT2D eigenvalue weighted by Gasteiger charge is 2.18. The summed E-state index contributed by atoms with van der Waals surface area (Å²) in [5.41, 5.74) is 2.81. The molecule has 0 spiro atoms. The van der Waals surface area contributed by atoms with Gasteiger partial charge in [0.2, 0.25) is 0 Å². The molecule has 1 aliphatic rings. The number of aromatic nitrogens is 3. The van der Waals surface area contributed by atoms with Gasteiger partial charge in [0, 0.05) is 19.3 Å². The van der Waals surface area contributed by atoms with Crippen molar-refractivity contribution in [2.24, 2.45) is 13.0 Å². The molecule has 0 atom stereocenters. The van der Waals surface area contributed by atoms with Gasteiger partial charge in [0.15, 0.2) is 5.65 Å². The minimum Gasteiger partial charge on any atom is -0.290 e. The summed E-state index contributed by atoms with van der Waals surface area (Å²) in [5, 5.41) is 0. The first kappa shape index (κ1) is 12.5. The summed E-state index contributed by atoms with van der Waals surface area (Å²) in [7, 11) is 1.81. The van der Waals surface area contributed by atoms with E-state index in [4.69, 9.17) is 0 Å². The first-order chi connectivity index (χ1) is 9.16. The van der Waals surface area contributed by atoms with Crippen molar-refractivity contribution < 1.29 is 0 Å². The molecular weight excluding hydrogens is 238 g/mol. The molecule has 0 aliphatic heterocycles. The summed E-state index contributed by atoms with van der Waals surface area (Å²) in [6.45, 7) is 2.81. The largest absolute Gasteiger partial charge is 0.330 e. The van der Waals surface area contributed by atoms with Crippen molar-refractivity contribution >= 4 is 11.2 Å².